The molecule has 2 rings (SSSR count). The molecule has 0 aliphatic heterocycles. The van der Waals surface area contributed by atoms with E-state index < -0.39 is 0 Å². The molecule has 0 fully saturated rings. The highest BCUT2D eigenvalue weighted by Crippen LogP contribution is 2.20. The molecule has 0 N–H and O–H groups in total. The quantitative estimate of drug-likeness (QED) is 0.613. The molecule has 0 nitrogen and oxygen atoms in total. The lowest BCUT2D eigenvalue weighted by Gasteiger charge is -2.09. The maximum atomic E-state index is 2.27. The fourth-order valence-electron chi connectivity index (χ4n) is 1.87. The molecular formula is C15H18. The summed E-state index contributed by atoms with van der Waals surface area (Å²) in [7, 11) is 0. The standard InChI is InChI=1S/C15H18/c1-13-7-9-15(10-8-13)12-11-14-5-3-2-4-6-14/h2-3,5,7,9,11-12H,4,6,8,10H2,1H3. The molecule has 0 radical (unpaired) electrons. The summed E-state index contributed by atoms with van der Waals surface area (Å²) in [5.41, 5.74) is 4.40. The second kappa shape index (κ2) is 4.97. The molecule has 0 saturated heterocycles. The molecule has 2 aliphatic rings. The second-order valence-electron chi connectivity index (χ2n) is 4.30. The minimum atomic E-state index is 1.19. The molecule has 0 spiro atoms. The van der Waals surface area contributed by atoms with Gasteiger partial charge in [0.2, 0.25) is 0 Å². The summed E-state index contributed by atoms with van der Waals surface area (Å²) in [4.78, 5) is 0. The molecule has 0 saturated carbocycles. The SMILES string of the molecule is CC1=CC=C(C=CC2=CC=CCC2)CC1. The summed E-state index contributed by atoms with van der Waals surface area (Å²) >= 11 is 0. The number of rotatable bonds is 2. The zero-order chi connectivity index (χ0) is 10.5. The molecular weight excluding hydrogens is 180 g/mol. The van der Waals surface area contributed by atoms with Crippen molar-refractivity contribution in [1.29, 1.82) is 0 Å². The Morgan fingerprint density at radius 1 is 0.933 bits per heavy atom. The summed E-state index contributed by atoms with van der Waals surface area (Å²) in [6.45, 7) is 2.20. The van der Waals surface area contributed by atoms with Gasteiger partial charge in [-0.2, -0.15) is 0 Å². The van der Waals surface area contributed by atoms with Gasteiger partial charge in [0, 0.05) is 0 Å². The van der Waals surface area contributed by atoms with Crippen LogP contribution in [0.4, 0.5) is 0 Å². The van der Waals surface area contributed by atoms with Crippen molar-refractivity contribution in [2.24, 2.45) is 0 Å². The van der Waals surface area contributed by atoms with Gasteiger partial charge in [-0.15, -0.1) is 0 Å². The van der Waals surface area contributed by atoms with Crippen LogP contribution in [-0.4, -0.2) is 0 Å². The molecule has 0 aromatic carbocycles. The van der Waals surface area contributed by atoms with Crippen molar-refractivity contribution in [3.05, 3.63) is 59.3 Å². The lowest BCUT2D eigenvalue weighted by Crippen LogP contribution is -1.89. The van der Waals surface area contributed by atoms with Crippen molar-refractivity contribution in [2.75, 3.05) is 0 Å². The van der Waals surface area contributed by atoms with Crippen LogP contribution in [0.15, 0.2) is 59.3 Å². The molecule has 15 heavy (non-hydrogen) atoms. The molecule has 0 atom stereocenters. The topological polar surface area (TPSA) is 0 Å². The molecule has 2 aliphatic carbocycles. The second-order valence-corrected chi connectivity index (χ2v) is 4.30. The first-order valence-corrected chi connectivity index (χ1v) is 5.75. The molecule has 0 heteroatoms. The van der Waals surface area contributed by atoms with E-state index in [1.165, 1.54) is 42.4 Å². The van der Waals surface area contributed by atoms with Gasteiger partial charge in [0.25, 0.3) is 0 Å². The highest BCUT2D eigenvalue weighted by molar-refractivity contribution is 5.35. The van der Waals surface area contributed by atoms with Crippen LogP contribution >= 0.6 is 0 Å². The van der Waals surface area contributed by atoms with Gasteiger partial charge in [-0.1, -0.05) is 48.1 Å². The summed E-state index contributed by atoms with van der Waals surface area (Å²) in [6.07, 6.45) is 20.4. The Morgan fingerprint density at radius 2 is 1.73 bits per heavy atom. The van der Waals surface area contributed by atoms with Crippen LogP contribution in [0.5, 0.6) is 0 Å². The molecule has 0 heterocycles. The van der Waals surface area contributed by atoms with Gasteiger partial charge in [0.1, 0.15) is 0 Å². The van der Waals surface area contributed by atoms with Gasteiger partial charge in [-0.25, -0.2) is 0 Å². The van der Waals surface area contributed by atoms with Crippen molar-refractivity contribution < 1.29 is 0 Å². The molecule has 0 unspecified atom stereocenters. The van der Waals surface area contributed by atoms with E-state index in [1.807, 2.05) is 0 Å². The average molecular weight is 198 g/mol. The molecule has 0 aromatic rings. The Bertz CT molecular complexity index is 373. The van der Waals surface area contributed by atoms with E-state index in [9.17, 15) is 0 Å². The van der Waals surface area contributed by atoms with Gasteiger partial charge in [-0.3, -0.25) is 0 Å². The van der Waals surface area contributed by atoms with Crippen molar-refractivity contribution >= 4 is 0 Å². The highest BCUT2D eigenvalue weighted by atomic mass is 14.1. The van der Waals surface area contributed by atoms with Crippen LogP contribution in [0.2, 0.25) is 0 Å². The van der Waals surface area contributed by atoms with E-state index in [0.717, 1.165) is 0 Å². The van der Waals surface area contributed by atoms with Crippen LogP contribution in [0.3, 0.4) is 0 Å². The van der Waals surface area contributed by atoms with Crippen LogP contribution in [0.25, 0.3) is 0 Å². The van der Waals surface area contributed by atoms with Gasteiger partial charge < -0.3 is 0 Å². The zero-order valence-corrected chi connectivity index (χ0v) is 9.37. The van der Waals surface area contributed by atoms with Gasteiger partial charge in [0.05, 0.1) is 0 Å². The Morgan fingerprint density at radius 3 is 2.33 bits per heavy atom. The monoisotopic (exact) mass is 198 g/mol. The molecule has 0 aromatic heterocycles. The Balaban J connectivity index is 1.99. The normalized spacial score (nSPS) is 21.3. The molecule has 78 valence electrons. The Labute approximate surface area is 92.4 Å². The predicted molar refractivity (Wildman–Crippen MR) is 66.7 cm³/mol. The van der Waals surface area contributed by atoms with E-state index in [2.05, 4.69) is 49.5 Å². The first-order valence-electron chi connectivity index (χ1n) is 5.75. The van der Waals surface area contributed by atoms with Gasteiger partial charge in [0.15, 0.2) is 0 Å². The smallest absolute Gasteiger partial charge is 0.0241 e. The third-order valence-electron chi connectivity index (χ3n) is 2.95. The average Bonchev–Trinajstić information content (AvgIpc) is 2.30. The maximum Gasteiger partial charge on any atom is -0.0241 e. The van der Waals surface area contributed by atoms with Crippen LogP contribution < -0.4 is 0 Å². The van der Waals surface area contributed by atoms with Crippen molar-refractivity contribution in [2.45, 2.75) is 32.6 Å². The minimum absolute atomic E-state index is 1.19. The van der Waals surface area contributed by atoms with Crippen LogP contribution in [0.1, 0.15) is 32.6 Å². The fourth-order valence-corrected chi connectivity index (χ4v) is 1.87. The molecule has 0 amide bonds. The van der Waals surface area contributed by atoms with Crippen LogP contribution in [0, 0.1) is 0 Å². The van der Waals surface area contributed by atoms with Crippen molar-refractivity contribution in [3.8, 4) is 0 Å². The van der Waals surface area contributed by atoms with Gasteiger partial charge >= 0.3 is 0 Å². The number of allylic oxidation sites excluding steroid dienone is 10. The number of hydrogen-bond donors (Lipinski definition) is 0. The maximum absolute atomic E-state index is 2.27. The van der Waals surface area contributed by atoms with Crippen LogP contribution in [-0.2, 0) is 0 Å². The minimum Gasteiger partial charge on any atom is -0.0842 e. The van der Waals surface area contributed by atoms with E-state index >= 15 is 0 Å². The van der Waals surface area contributed by atoms with E-state index in [4.69, 9.17) is 0 Å². The Kier molecular flexibility index (Phi) is 3.39. The third kappa shape index (κ3) is 3.09. The third-order valence-corrected chi connectivity index (χ3v) is 2.95. The summed E-state index contributed by atoms with van der Waals surface area (Å²) in [5.74, 6) is 0. The summed E-state index contributed by atoms with van der Waals surface area (Å²) in [6, 6.07) is 0. The number of hydrogen-bond acceptors (Lipinski definition) is 0. The molecule has 0 bridgehead atoms. The fraction of sp³-hybridized carbons (Fsp3) is 0.333. The largest absolute Gasteiger partial charge is 0.0842 e. The predicted octanol–water partition coefficient (Wildman–Crippen LogP) is 4.49. The van der Waals surface area contributed by atoms with Crippen molar-refractivity contribution in [3.63, 3.8) is 0 Å². The first-order chi connectivity index (χ1) is 7.34. The highest BCUT2D eigenvalue weighted by Gasteiger charge is 2.00. The lowest BCUT2D eigenvalue weighted by molar-refractivity contribution is 0.925. The lowest BCUT2D eigenvalue weighted by atomic mass is 9.97. The Hall–Kier alpha value is -1.30. The van der Waals surface area contributed by atoms with E-state index in [0.29, 0.717) is 0 Å². The zero-order valence-electron chi connectivity index (χ0n) is 9.37. The van der Waals surface area contributed by atoms with Gasteiger partial charge in [-0.05, 0) is 43.8 Å². The van der Waals surface area contributed by atoms with E-state index in [1.54, 1.807) is 0 Å². The van der Waals surface area contributed by atoms with Crippen molar-refractivity contribution in [1.82, 2.24) is 0 Å². The van der Waals surface area contributed by atoms with E-state index in [-0.39, 0.29) is 0 Å². The summed E-state index contributed by atoms with van der Waals surface area (Å²) in [5, 5.41) is 0. The first kappa shape index (κ1) is 10.2. The summed E-state index contributed by atoms with van der Waals surface area (Å²) < 4.78 is 0.